The number of allylic oxidation sites excluding steroid dienone is 1. The number of fused-ring (bicyclic) bond motifs is 1. The van der Waals surface area contributed by atoms with Crippen molar-refractivity contribution in [2.24, 2.45) is 0 Å². The van der Waals surface area contributed by atoms with Crippen LogP contribution in [-0.2, 0) is 9.53 Å². The fourth-order valence-corrected chi connectivity index (χ4v) is 2.77. The van der Waals surface area contributed by atoms with Crippen LogP contribution in [0.4, 0.5) is 5.69 Å². The summed E-state index contributed by atoms with van der Waals surface area (Å²) in [5.74, 6) is 0.472. The van der Waals surface area contributed by atoms with Crippen LogP contribution in [0, 0.1) is 0 Å². The summed E-state index contributed by atoms with van der Waals surface area (Å²) in [6.07, 6.45) is 0.962. The lowest BCUT2D eigenvalue weighted by Crippen LogP contribution is -2.26. The van der Waals surface area contributed by atoms with Crippen LogP contribution in [0.5, 0.6) is 11.5 Å². The Hall–Kier alpha value is -3.28. The number of ketones is 1. The summed E-state index contributed by atoms with van der Waals surface area (Å²) in [7, 11) is 3.94. The largest absolute Gasteiger partial charge is 0.479 e. The van der Waals surface area contributed by atoms with Gasteiger partial charge in [0.2, 0.25) is 5.78 Å². The van der Waals surface area contributed by atoms with Crippen molar-refractivity contribution >= 4 is 23.5 Å². The van der Waals surface area contributed by atoms with Crippen molar-refractivity contribution in [1.29, 1.82) is 0 Å². The topological polar surface area (TPSA) is 65.1 Å². The normalized spacial score (nSPS) is 15.0. The van der Waals surface area contributed by atoms with Gasteiger partial charge in [-0.2, -0.15) is 0 Å². The maximum absolute atomic E-state index is 12.6. The van der Waals surface area contributed by atoms with Gasteiger partial charge in [0.1, 0.15) is 11.5 Å². The molecule has 0 aromatic heterocycles. The highest BCUT2D eigenvalue weighted by molar-refractivity contribution is 6.14. The number of ether oxygens (including phenoxy) is 3. The van der Waals surface area contributed by atoms with Gasteiger partial charge in [-0.05, 0) is 49.8 Å². The number of esters is 1. The van der Waals surface area contributed by atoms with Crippen molar-refractivity contribution in [3.8, 4) is 11.5 Å². The second kappa shape index (κ2) is 8.17. The number of nitrogens with zero attached hydrogens (tertiary/aromatic N) is 1. The van der Waals surface area contributed by atoms with Crippen molar-refractivity contribution in [2.45, 2.75) is 20.0 Å². The highest BCUT2D eigenvalue weighted by atomic mass is 16.6. The van der Waals surface area contributed by atoms with Crippen molar-refractivity contribution in [1.82, 2.24) is 0 Å². The van der Waals surface area contributed by atoms with Crippen molar-refractivity contribution in [3.63, 3.8) is 0 Å². The first-order valence-corrected chi connectivity index (χ1v) is 9.08. The Kier molecular flexibility index (Phi) is 5.68. The first-order chi connectivity index (χ1) is 13.4. The van der Waals surface area contributed by atoms with Gasteiger partial charge in [-0.1, -0.05) is 12.1 Å². The summed E-state index contributed by atoms with van der Waals surface area (Å²) in [5, 5.41) is 0. The van der Waals surface area contributed by atoms with Gasteiger partial charge >= 0.3 is 5.97 Å². The van der Waals surface area contributed by atoms with Gasteiger partial charge in [-0.25, -0.2) is 4.79 Å². The second-order valence-corrected chi connectivity index (χ2v) is 6.60. The molecule has 0 spiro atoms. The Morgan fingerprint density at radius 2 is 1.89 bits per heavy atom. The molecule has 1 unspecified atom stereocenters. The Bertz CT molecular complexity index is 915. The number of benzene rings is 2. The number of Topliss-reactive ketones (excluding diaryl/α,β-unsaturated/α-hetero) is 1. The molecule has 1 aliphatic rings. The van der Waals surface area contributed by atoms with E-state index in [-0.39, 0.29) is 18.1 Å². The molecule has 1 aliphatic heterocycles. The molecule has 1 heterocycles. The molecule has 6 heteroatoms. The van der Waals surface area contributed by atoms with Gasteiger partial charge in [0.05, 0.1) is 12.2 Å². The molecule has 0 saturated heterocycles. The van der Waals surface area contributed by atoms with E-state index in [4.69, 9.17) is 14.2 Å². The third kappa shape index (κ3) is 4.17. The number of carbonyl (C=O) groups is 2. The molecule has 0 aliphatic carbocycles. The van der Waals surface area contributed by atoms with Gasteiger partial charge in [-0.3, -0.25) is 4.79 Å². The van der Waals surface area contributed by atoms with Crippen LogP contribution in [0.25, 0.3) is 6.08 Å². The predicted molar refractivity (Wildman–Crippen MR) is 107 cm³/mol. The lowest BCUT2D eigenvalue weighted by Gasteiger charge is -2.13. The summed E-state index contributed by atoms with van der Waals surface area (Å²) < 4.78 is 16.3. The minimum absolute atomic E-state index is 0.184. The zero-order valence-electron chi connectivity index (χ0n) is 16.4. The Morgan fingerprint density at radius 3 is 2.54 bits per heavy atom. The number of anilines is 1. The first kappa shape index (κ1) is 19.5. The van der Waals surface area contributed by atoms with Gasteiger partial charge in [0.25, 0.3) is 0 Å². The molecule has 0 radical (unpaired) electrons. The van der Waals surface area contributed by atoms with Gasteiger partial charge in [0, 0.05) is 25.8 Å². The number of hydrogen-bond acceptors (Lipinski definition) is 6. The van der Waals surface area contributed by atoms with Crippen molar-refractivity contribution < 1.29 is 23.8 Å². The summed E-state index contributed by atoms with van der Waals surface area (Å²) in [5.41, 5.74) is 2.41. The molecule has 0 amide bonds. The van der Waals surface area contributed by atoms with E-state index in [1.807, 2.05) is 43.3 Å². The zero-order valence-corrected chi connectivity index (χ0v) is 16.4. The van der Waals surface area contributed by atoms with E-state index >= 15 is 0 Å². The molecule has 6 nitrogen and oxygen atoms in total. The Balaban J connectivity index is 1.76. The zero-order chi connectivity index (χ0) is 20.3. The van der Waals surface area contributed by atoms with Crippen molar-refractivity contribution in [3.05, 3.63) is 59.4 Å². The maximum Gasteiger partial charge on any atom is 0.347 e. The number of rotatable bonds is 6. The third-order valence-electron chi connectivity index (χ3n) is 4.28. The summed E-state index contributed by atoms with van der Waals surface area (Å²) in [6.45, 7) is 3.64. The van der Waals surface area contributed by atoms with E-state index in [9.17, 15) is 9.59 Å². The summed E-state index contributed by atoms with van der Waals surface area (Å²) in [6, 6.07) is 12.7. The summed E-state index contributed by atoms with van der Waals surface area (Å²) >= 11 is 0. The standard InChI is InChI=1S/C22H23NO5/c1-5-26-22(25)14(2)27-17-10-11-18-19(13-17)28-20(21(18)24)12-15-6-8-16(9-7-15)23(3)4/h6-14H,5H2,1-4H3/b20-12-. The third-order valence-corrected chi connectivity index (χ3v) is 4.28. The Morgan fingerprint density at radius 1 is 1.18 bits per heavy atom. The van der Waals surface area contributed by atoms with Crippen LogP contribution in [-0.4, -0.2) is 38.6 Å². The molecule has 0 N–H and O–H groups in total. The van der Waals surface area contributed by atoms with Crippen LogP contribution in [0.3, 0.4) is 0 Å². The van der Waals surface area contributed by atoms with E-state index in [1.165, 1.54) is 0 Å². The minimum atomic E-state index is -0.750. The number of carbonyl (C=O) groups excluding carboxylic acids is 2. The van der Waals surface area contributed by atoms with E-state index in [1.54, 1.807) is 38.1 Å². The second-order valence-electron chi connectivity index (χ2n) is 6.60. The molecular formula is C22H23NO5. The quantitative estimate of drug-likeness (QED) is 0.562. The smallest absolute Gasteiger partial charge is 0.347 e. The fourth-order valence-electron chi connectivity index (χ4n) is 2.77. The molecule has 2 aromatic carbocycles. The first-order valence-electron chi connectivity index (χ1n) is 9.08. The average molecular weight is 381 g/mol. The lowest BCUT2D eigenvalue weighted by atomic mass is 10.1. The van der Waals surface area contributed by atoms with Crippen LogP contribution in [0.1, 0.15) is 29.8 Å². The van der Waals surface area contributed by atoms with Crippen LogP contribution in [0.2, 0.25) is 0 Å². The molecule has 0 bridgehead atoms. The molecule has 146 valence electrons. The van der Waals surface area contributed by atoms with Crippen LogP contribution in [0.15, 0.2) is 48.2 Å². The van der Waals surface area contributed by atoms with E-state index in [2.05, 4.69) is 0 Å². The lowest BCUT2D eigenvalue weighted by molar-refractivity contribution is -0.150. The molecule has 3 rings (SSSR count). The maximum atomic E-state index is 12.6. The van der Waals surface area contributed by atoms with E-state index < -0.39 is 12.1 Å². The SMILES string of the molecule is CCOC(=O)C(C)Oc1ccc2c(c1)O/C(=C\c1ccc(N(C)C)cc1)C2=O. The van der Waals surface area contributed by atoms with Crippen LogP contribution < -0.4 is 14.4 Å². The molecule has 1 atom stereocenters. The molecule has 28 heavy (non-hydrogen) atoms. The molecule has 0 saturated carbocycles. The number of hydrogen-bond donors (Lipinski definition) is 0. The molecular weight excluding hydrogens is 358 g/mol. The Labute approximate surface area is 164 Å². The molecule has 2 aromatic rings. The van der Waals surface area contributed by atoms with Gasteiger partial charge in [-0.15, -0.1) is 0 Å². The van der Waals surface area contributed by atoms with Gasteiger partial charge < -0.3 is 19.1 Å². The van der Waals surface area contributed by atoms with E-state index in [0.29, 0.717) is 17.1 Å². The molecule has 0 fully saturated rings. The monoisotopic (exact) mass is 381 g/mol. The predicted octanol–water partition coefficient (Wildman–Crippen LogP) is 3.70. The average Bonchev–Trinajstić information content (AvgIpc) is 2.97. The summed E-state index contributed by atoms with van der Waals surface area (Å²) in [4.78, 5) is 26.3. The van der Waals surface area contributed by atoms with Crippen LogP contribution >= 0.6 is 0 Å². The minimum Gasteiger partial charge on any atom is -0.479 e. The van der Waals surface area contributed by atoms with Gasteiger partial charge in [0.15, 0.2) is 11.9 Å². The fraction of sp³-hybridized carbons (Fsp3) is 0.273. The van der Waals surface area contributed by atoms with E-state index in [0.717, 1.165) is 11.3 Å². The van der Waals surface area contributed by atoms with Crippen molar-refractivity contribution in [2.75, 3.05) is 25.6 Å². The highest BCUT2D eigenvalue weighted by Gasteiger charge is 2.28. The highest BCUT2D eigenvalue weighted by Crippen LogP contribution is 2.35.